The molecule has 0 saturated heterocycles. The monoisotopic (exact) mass is 312 g/mol. The van der Waals surface area contributed by atoms with E-state index in [0.717, 1.165) is 16.9 Å². The van der Waals surface area contributed by atoms with E-state index in [1.54, 1.807) is 18.0 Å². The molecule has 0 atom stereocenters. The maximum absolute atomic E-state index is 12.3. The van der Waals surface area contributed by atoms with Gasteiger partial charge in [0.15, 0.2) is 5.69 Å². The van der Waals surface area contributed by atoms with Crippen LogP contribution in [0.1, 0.15) is 47.9 Å². The molecule has 0 saturated carbocycles. The highest BCUT2D eigenvalue weighted by atomic mass is 16.2. The van der Waals surface area contributed by atoms with Crippen LogP contribution in [-0.4, -0.2) is 29.1 Å². The lowest BCUT2D eigenvalue weighted by Crippen LogP contribution is -2.31. The Morgan fingerprint density at radius 1 is 1.30 bits per heavy atom. The molecule has 1 aliphatic heterocycles. The first-order valence-electron chi connectivity index (χ1n) is 7.72. The van der Waals surface area contributed by atoms with Gasteiger partial charge < -0.3 is 10.2 Å². The van der Waals surface area contributed by atoms with Gasteiger partial charge in [0.1, 0.15) is 0 Å². The summed E-state index contributed by atoms with van der Waals surface area (Å²) in [6, 6.07) is 7.37. The lowest BCUT2D eigenvalue weighted by Gasteiger charge is -2.26. The zero-order chi connectivity index (χ0) is 16.6. The van der Waals surface area contributed by atoms with E-state index in [2.05, 4.69) is 15.5 Å². The number of rotatable bonds is 3. The van der Waals surface area contributed by atoms with Crippen LogP contribution in [0.15, 0.2) is 24.3 Å². The fraction of sp³-hybridized carbons (Fsp3) is 0.353. The first-order valence-corrected chi connectivity index (χ1v) is 7.72. The number of amides is 2. The summed E-state index contributed by atoms with van der Waals surface area (Å²) < 4.78 is 0. The Kier molecular flexibility index (Phi) is 3.90. The molecular weight excluding hydrogens is 292 g/mol. The van der Waals surface area contributed by atoms with Crippen LogP contribution in [0.3, 0.4) is 0 Å². The van der Waals surface area contributed by atoms with E-state index in [1.165, 1.54) is 0 Å². The minimum Gasteiger partial charge on any atom is -0.321 e. The number of anilines is 2. The van der Waals surface area contributed by atoms with Crippen molar-refractivity contribution < 1.29 is 9.59 Å². The molecule has 120 valence electrons. The number of benzene rings is 1. The number of fused-ring (bicyclic) bond motifs is 1. The zero-order valence-corrected chi connectivity index (χ0v) is 13.5. The van der Waals surface area contributed by atoms with E-state index in [-0.39, 0.29) is 11.8 Å². The number of nitrogens with zero attached hydrogens (tertiary/aromatic N) is 2. The summed E-state index contributed by atoms with van der Waals surface area (Å²) in [5.41, 5.74) is 3.99. The van der Waals surface area contributed by atoms with Gasteiger partial charge in [-0.15, -0.1) is 0 Å². The van der Waals surface area contributed by atoms with Crippen molar-refractivity contribution in [2.45, 2.75) is 32.6 Å². The molecule has 6 heteroatoms. The SMILES string of the molecule is CC(C)c1cc(C(=O)Nc2ccc3c(c2)CCC(=O)N3C)n[nH]1. The summed E-state index contributed by atoms with van der Waals surface area (Å²) >= 11 is 0. The van der Waals surface area contributed by atoms with Gasteiger partial charge in [0.25, 0.3) is 5.91 Å². The predicted octanol–water partition coefficient (Wildman–Crippen LogP) is 2.69. The Labute approximate surface area is 134 Å². The van der Waals surface area contributed by atoms with E-state index in [1.807, 2.05) is 32.0 Å². The average Bonchev–Trinajstić information content (AvgIpc) is 3.01. The van der Waals surface area contributed by atoms with Gasteiger partial charge in [-0.3, -0.25) is 14.7 Å². The zero-order valence-electron chi connectivity index (χ0n) is 13.5. The van der Waals surface area contributed by atoms with E-state index < -0.39 is 0 Å². The van der Waals surface area contributed by atoms with Gasteiger partial charge in [-0.1, -0.05) is 13.8 Å². The molecule has 1 aliphatic rings. The molecule has 0 fully saturated rings. The Morgan fingerprint density at radius 2 is 2.09 bits per heavy atom. The number of hydrogen-bond donors (Lipinski definition) is 2. The van der Waals surface area contributed by atoms with E-state index in [4.69, 9.17) is 0 Å². The quantitative estimate of drug-likeness (QED) is 0.914. The lowest BCUT2D eigenvalue weighted by atomic mass is 10.0. The fourth-order valence-electron chi connectivity index (χ4n) is 2.68. The van der Waals surface area contributed by atoms with Gasteiger partial charge in [-0.05, 0) is 42.2 Å². The molecule has 1 aromatic heterocycles. The fourth-order valence-corrected chi connectivity index (χ4v) is 2.68. The van der Waals surface area contributed by atoms with Crippen LogP contribution in [0.25, 0.3) is 0 Å². The number of hydrogen-bond acceptors (Lipinski definition) is 3. The molecule has 2 N–H and O–H groups in total. The normalized spacial score (nSPS) is 14.1. The summed E-state index contributed by atoms with van der Waals surface area (Å²) in [6.45, 7) is 4.08. The Morgan fingerprint density at radius 3 is 2.78 bits per heavy atom. The highest BCUT2D eigenvalue weighted by Gasteiger charge is 2.21. The molecule has 3 rings (SSSR count). The van der Waals surface area contributed by atoms with Crippen molar-refractivity contribution in [2.75, 3.05) is 17.3 Å². The molecule has 0 spiro atoms. The Hall–Kier alpha value is -2.63. The maximum Gasteiger partial charge on any atom is 0.276 e. The minimum absolute atomic E-state index is 0.118. The molecule has 1 aromatic carbocycles. The Balaban J connectivity index is 1.78. The average molecular weight is 312 g/mol. The molecule has 0 bridgehead atoms. The van der Waals surface area contributed by atoms with Crippen LogP contribution in [0.4, 0.5) is 11.4 Å². The first kappa shape index (κ1) is 15.3. The summed E-state index contributed by atoms with van der Waals surface area (Å²) in [5, 5.41) is 9.79. The highest BCUT2D eigenvalue weighted by Crippen LogP contribution is 2.29. The second-order valence-corrected chi connectivity index (χ2v) is 6.11. The van der Waals surface area contributed by atoms with Gasteiger partial charge >= 0.3 is 0 Å². The lowest BCUT2D eigenvalue weighted by molar-refractivity contribution is -0.118. The first-order chi connectivity index (χ1) is 11.0. The second-order valence-electron chi connectivity index (χ2n) is 6.11. The predicted molar refractivity (Wildman–Crippen MR) is 88.8 cm³/mol. The maximum atomic E-state index is 12.3. The van der Waals surface area contributed by atoms with Gasteiger partial charge in [0, 0.05) is 30.5 Å². The van der Waals surface area contributed by atoms with Gasteiger partial charge in [0.2, 0.25) is 5.91 Å². The van der Waals surface area contributed by atoms with E-state index in [9.17, 15) is 9.59 Å². The molecule has 2 amide bonds. The number of nitrogens with one attached hydrogen (secondary N) is 2. The van der Waals surface area contributed by atoms with Crippen molar-refractivity contribution in [2.24, 2.45) is 0 Å². The summed E-state index contributed by atoms with van der Waals surface area (Å²) in [7, 11) is 1.77. The summed E-state index contributed by atoms with van der Waals surface area (Å²) in [5.74, 6) is 0.168. The Bertz CT molecular complexity index is 764. The molecule has 6 nitrogen and oxygen atoms in total. The van der Waals surface area contributed by atoms with Crippen LogP contribution in [-0.2, 0) is 11.2 Å². The second kappa shape index (κ2) is 5.87. The third-order valence-corrected chi connectivity index (χ3v) is 4.13. The van der Waals surface area contributed by atoms with E-state index >= 15 is 0 Å². The van der Waals surface area contributed by atoms with Crippen LogP contribution in [0.5, 0.6) is 0 Å². The summed E-state index contributed by atoms with van der Waals surface area (Å²) in [6.07, 6.45) is 1.19. The molecule has 0 aliphatic carbocycles. The van der Waals surface area contributed by atoms with Crippen LogP contribution >= 0.6 is 0 Å². The molecular formula is C17H20N4O2. The standard InChI is InChI=1S/C17H20N4O2/c1-10(2)13-9-14(20-19-13)17(23)18-12-5-6-15-11(8-12)4-7-16(22)21(15)3/h5-6,8-10H,4,7H2,1-3H3,(H,18,23)(H,19,20). The minimum atomic E-state index is -0.242. The number of carbonyl (C=O) groups excluding carboxylic acids is 2. The number of aromatic amines is 1. The van der Waals surface area contributed by atoms with Gasteiger partial charge in [0.05, 0.1) is 0 Å². The van der Waals surface area contributed by atoms with Crippen LogP contribution in [0.2, 0.25) is 0 Å². The van der Waals surface area contributed by atoms with Gasteiger partial charge in [-0.25, -0.2) is 0 Å². The van der Waals surface area contributed by atoms with E-state index in [0.29, 0.717) is 30.1 Å². The third kappa shape index (κ3) is 2.97. The number of carbonyl (C=O) groups is 2. The largest absolute Gasteiger partial charge is 0.321 e. The van der Waals surface area contributed by atoms with Crippen molar-refractivity contribution in [1.82, 2.24) is 10.2 Å². The molecule has 23 heavy (non-hydrogen) atoms. The van der Waals surface area contributed by atoms with Crippen LogP contribution in [0, 0.1) is 0 Å². The van der Waals surface area contributed by atoms with Crippen molar-refractivity contribution >= 4 is 23.2 Å². The van der Waals surface area contributed by atoms with Crippen molar-refractivity contribution in [3.8, 4) is 0 Å². The topological polar surface area (TPSA) is 78.1 Å². The smallest absolute Gasteiger partial charge is 0.276 e. The number of aromatic nitrogens is 2. The number of aryl methyl sites for hydroxylation is 1. The molecule has 2 heterocycles. The summed E-state index contributed by atoms with van der Waals surface area (Å²) in [4.78, 5) is 25.6. The van der Waals surface area contributed by atoms with Gasteiger partial charge in [-0.2, -0.15) is 5.10 Å². The van der Waals surface area contributed by atoms with Crippen molar-refractivity contribution in [1.29, 1.82) is 0 Å². The van der Waals surface area contributed by atoms with Crippen molar-refractivity contribution in [3.05, 3.63) is 41.2 Å². The highest BCUT2D eigenvalue weighted by molar-refractivity contribution is 6.03. The number of H-pyrrole nitrogens is 1. The molecule has 0 unspecified atom stereocenters. The van der Waals surface area contributed by atoms with Crippen molar-refractivity contribution in [3.63, 3.8) is 0 Å². The third-order valence-electron chi connectivity index (χ3n) is 4.13. The molecule has 2 aromatic rings. The van der Waals surface area contributed by atoms with Crippen LogP contribution < -0.4 is 10.2 Å². The molecule has 0 radical (unpaired) electrons.